The molecule has 0 aromatic carbocycles. The molecule has 0 radical (unpaired) electrons. The number of nitrogens with one attached hydrogen (secondary N) is 2. The molecule has 1 amide bonds. The van der Waals surface area contributed by atoms with E-state index in [1.165, 1.54) is 0 Å². The highest BCUT2D eigenvalue weighted by atomic mass is 19.4. The molecule has 0 saturated carbocycles. The summed E-state index contributed by atoms with van der Waals surface area (Å²) in [5.41, 5.74) is 1.51. The molecular weight excluding hydrogens is 271 g/mol. The van der Waals surface area contributed by atoms with Crippen LogP contribution in [0, 0.1) is 0 Å². The van der Waals surface area contributed by atoms with Crippen molar-refractivity contribution in [2.75, 3.05) is 13.1 Å². The van der Waals surface area contributed by atoms with E-state index in [1.807, 2.05) is 5.32 Å². The molecule has 2 N–H and O–H groups in total. The van der Waals surface area contributed by atoms with Crippen LogP contribution >= 0.6 is 0 Å². The van der Waals surface area contributed by atoms with E-state index < -0.39 is 12.1 Å². The Morgan fingerprint density at radius 3 is 2.75 bits per heavy atom. The minimum absolute atomic E-state index is 0.140. The van der Waals surface area contributed by atoms with Crippen LogP contribution in [0.15, 0.2) is 18.3 Å². The first kappa shape index (κ1) is 14.8. The van der Waals surface area contributed by atoms with Gasteiger partial charge < -0.3 is 10.6 Å². The summed E-state index contributed by atoms with van der Waals surface area (Å²) in [6.07, 6.45) is -1.34. The Bertz CT molecular complexity index is 470. The molecule has 0 unspecified atom stereocenters. The normalized spacial score (nSPS) is 16.9. The number of carbonyl (C=O) groups is 1. The second-order valence-electron chi connectivity index (χ2n) is 4.79. The molecule has 0 bridgehead atoms. The van der Waals surface area contributed by atoms with E-state index in [-0.39, 0.29) is 6.54 Å². The van der Waals surface area contributed by atoms with E-state index >= 15 is 0 Å². The molecule has 2 rings (SSSR count). The number of halogens is 3. The van der Waals surface area contributed by atoms with Crippen molar-refractivity contribution < 1.29 is 18.0 Å². The van der Waals surface area contributed by atoms with Crippen molar-refractivity contribution >= 4 is 5.91 Å². The van der Waals surface area contributed by atoms with E-state index in [1.54, 1.807) is 18.3 Å². The van der Waals surface area contributed by atoms with Gasteiger partial charge in [-0.25, -0.2) is 0 Å². The number of nitrogens with zero attached hydrogens (tertiary/aromatic N) is 1. The highest BCUT2D eigenvalue weighted by Crippen LogP contribution is 2.24. The number of pyridine rings is 1. The summed E-state index contributed by atoms with van der Waals surface area (Å²) in [4.78, 5) is 15.0. The van der Waals surface area contributed by atoms with Gasteiger partial charge in [0, 0.05) is 24.4 Å². The van der Waals surface area contributed by atoms with Crippen LogP contribution in [0.4, 0.5) is 13.2 Å². The molecule has 1 fully saturated rings. The van der Waals surface area contributed by atoms with Gasteiger partial charge in [0.2, 0.25) is 0 Å². The quantitative estimate of drug-likeness (QED) is 0.890. The highest BCUT2D eigenvalue weighted by molar-refractivity contribution is 5.81. The van der Waals surface area contributed by atoms with Crippen LogP contribution in [-0.2, 0) is 11.3 Å². The number of alkyl halides is 3. The minimum Gasteiger partial charge on any atom is -0.344 e. The molecule has 4 nitrogen and oxygen atoms in total. The molecule has 1 aliphatic heterocycles. The van der Waals surface area contributed by atoms with Crippen LogP contribution in [0.3, 0.4) is 0 Å². The van der Waals surface area contributed by atoms with Crippen molar-refractivity contribution in [2.45, 2.75) is 31.5 Å². The smallest absolute Gasteiger partial charge is 0.344 e. The summed E-state index contributed by atoms with van der Waals surface area (Å²) in [7, 11) is 0. The topological polar surface area (TPSA) is 54.0 Å². The average molecular weight is 287 g/mol. The molecule has 110 valence electrons. The van der Waals surface area contributed by atoms with E-state index in [4.69, 9.17) is 0 Å². The molecule has 0 spiro atoms. The third-order valence-electron chi connectivity index (χ3n) is 3.31. The zero-order valence-corrected chi connectivity index (χ0v) is 10.8. The summed E-state index contributed by atoms with van der Waals surface area (Å²) in [6.45, 7) is 1.70. The lowest BCUT2D eigenvalue weighted by molar-refractivity contribution is -0.173. The minimum atomic E-state index is -4.84. The Hall–Kier alpha value is -1.63. The number of hydrogen-bond donors (Lipinski definition) is 2. The average Bonchev–Trinajstić information content (AvgIpc) is 2.45. The fourth-order valence-electron chi connectivity index (χ4n) is 2.23. The summed E-state index contributed by atoms with van der Waals surface area (Å²) in [5, 5.41) is 5.11. The van der Waals surface area contributed by atoms with Crippen LogP contribution in [0.1, 0.15) is 30.0 Å². The van der Waals surface area contributed by atoms with Gasteiger partial charge in [0.15, 0.2) is 0 Å². The van der Waals surface area contributed by atoms with Gasteiger partial charge in [-0.05, 0) is 43.6 Å². The highest BCUT2D eigenvalue weighted by Gasteiger charge is 2.38. The SMILES string of the molecule is O=C(NCc1ccnc(C2CCNCC2)c1)C(F)(F)F. The molecule has 7 heteroatoms. The van der Waals surface area contributed by atoms with Crippen molar-refractivity contribution in [3.63, 3.8) is 0 Å². The number of aromatic nitrogens is 1. The molecule has 20 heavy (non-hydrogen) atoms. The second kappa shape index (κ2) is 6.21. The summed E-state index contributed by atoms with van der Waals surface area (Å²) >= 11 is 0. The van der Waals surface area contributed by atoms with Crippen LogP contribution in [0.25, 0.3) is 0 Å². The molecule has 0 atom stereocenters. The van der Waals surface area contributed by atoms with Gasteiger partial charge in [-0.2, -0.15) is 13.2 Å². The second-order valence-corrected chi connectivity index (χ2v) is 4.79. The third kappa shape index (κ3) is 3.93. The first-order valence-electron chi connectivity index (χ1n) is 6.47. The van der Waals surface area contributed by atoms with E-state index in [2.05, 4.69) is 10.3 Å². The maximum absolute atomic E-state index is 12.1. The molecule has 1 saturated heterocycles. The number of piperidine rings is 1. The van der Waals surface area contributed by atoms with Crippen LogP contribution in [0.2, 0.25) is 0 Å². The van der Waals surface area contributed by atoms with Gasteiger partial charge >= 0.3 is 12.1 Å². The molecule has 1 aliphatic rings. The lowest BCUT2D eigenvalue weighted by atomic mass is 9.93. The number of amides is 1. The lowest BCUT2D eigenvalue weighted by Crippen LogP contribution is -2.36. The Morgan fingerprint density at radius 2 is 2.10 bits per heavy atom. The predicted molar refractivity (Wildman–Crippen MR) is 67.0 cm³/mol. The van der Waals surface area contributed by atoms with Crippen molar-refractivity contribution in [3.05, 3.63) is 29.6 Å². The largest absolute Gasteiger partial charge is 0.471 e. The Kier molecular flexibility index (Phi) is 4.59. The standard InChI is InChI=1S/C13H16F3N3O/c14-13(15,16)12(20)19-8-9-1-6-18-11(7-9)10-2-4-17-5-3-10/h1,6-7,10,17H,2-5,8H2,(H,19,20). The van der Waals surface area contributed by atoms with E-state index in [9.17, 15) is 18.0 Å². The molecule has 0 aliphatic carbocycles. The summed E-state index contributed by atoms with van der Waals surface area (Å²) in [5.74, 6) is -1.59. The molecule has 1 aromatic heterocycles. The first-order valence-corrected chi connectivity index (χ1v) is 6.47. The number of carbonyl (C=O) groups excluding carboxylic acids is 1. The van der Waals surface area contributed by atoms with Gasteiger partial charge in [-0.15, -0.1) is 0 Å². The van der Waals surface area contributed by atoms with Gasteiger partial charge in [0.1, 0.15) is 0 Å². The van der Waals surface area contributed by atoms with Crippen LogP contribution in [-0.4, -0.2) is 30.2 Å². The molecular formula is C13H16F3N3O. The predicted octanol–water partition coefficient (Wildman–Crippen LogP) is 1.73. The van der Waals surface area contributed by atoms with Crippen molar-refractivity contribution in [1.29, 1.82) is 0 Å². The van der Waals surface area contributed by atoms with Gasteiger partial charge in [0.25, 0.3) is 0 Å². The van der Waals surface area contributed by atoms with Gasteiger partial charge in [-0.1, -0.05) is 0 Å². The Morgan fingerprint density at radius 1 is 1.40 bits per heavy atom. The van der Waals surface area contributed by atoms with E-state index in [0.29, 0.717) is 11.5 Å². The van der Waals surface area contributed by atoms with Crippen molar-refractivity contribution in [1.82, 2.24) is 15.6 Å². The number of hydrogen-bond acceptors (Lipinski definition) is 3. The van der Waals surface area contributed by atoms with Gasteiger partial charge in [-0.3, -0.25) is 9.78 Å². The zero-order chi connectivity index (χ0) is 14.6. The lowest BCUT2D eigenvalue weighted by Gasteiger charge is -2.22. The van der Waals surface area contributed by atoms with Crippen molar-refractivity contribution in [3.8, 4) is 0 Å². The zero-order valence-electron chi connectivity index (χ0n) is 10.8. The Labute approximate surface area is 114 Å². The summed E-state index contributed by atoms with van der Waals surface area (Å²) in [6, 6.07) is 3.38. The monoisotopic (exact) mass is 287 g/mol. The summed E-state index contributed by atoms with van der Waals surface area (Å²) < 4.78 is 36.3. The van der Waals surface area contributed by atoms with Crippen LogP contribution in [0.5, 0.6) is 0 Å². The molecule has 2 heterocycles. The maximum Gasteiger partial charge on any atom is 0.471 e. The fraction of sp³-hybridized carbons (Fsp3) is 0.538. The number of rotatable bonds is 3. The maximum atomic E-state index is 12.1. The van der Waals surface area contributed by atoms with Crippen molar-refractivity contribution in [2.24, 2.45) is 0 Å². The first-order chi connectivity index (χ1) is 9.47. The van der Waals surface area contributed by atoms with E-state index in [0.717, 1.165) is 31.6 Å². The third-order valence-corrected chi connectivity index (χ3v) is 3.31. The van der Waals surface area contributed by atoms with Gasteiger partial charge in [0.05, 0.1) is 0 Å². The van der Waals surface area contributed by atoms with Crippen LogP contribution < -0.4 is 10.6 Å². The molecule has 1 aromatic rings. The Balaban J connectivity index is 1.97. The fourth-order valence-corrected chi connectivity index (χ4v) is 2.23.